The fraction of sp³-hybridized carbons (Fsp3) is 0.643. The minimum absolute atomic E-state index is 0.172. The van der Waals surface area contributed by atoms with Crippen LogP contribution in [0.4, 0.5) is 0 Å². The first-order chi connectivity index (χ1) is 17.2. The lowest BCUT2D eigenvalue weighted by Crippen LogP contribution is -2.78. The van der Waals surface area contributed by atoms with E-state index in [1.165, 1.54) is 10.8 Å². The van der Waals surface area contributed by atoms with Crippen LogP contribution in [0.15, 0.2) is 42.5 Å². The number of aryl methyl sites for hydroxylation is 1. The molecule has 0 aromatic heterocycles. The number of aliphatic hydroxyl groups is 4. The largest absolute Gasteiger partial charge is 0.391 e. The molecule has 1 aliphatic carbocycles. The van der Waals surface area contributed by atoms with Crippen molar-refractivity contribution in [2.24, 2.45) is 5.92 Å². The highest BCUT2D eigenvalue weighted by atomic mass is 16.8. The summed E-state index contributed by atoms with van der Waals surface area (Å²) >= 11 is 0. The predicted molar refractivity (Wildman–Crippen MR) is 134 cm³/mol. The first-order valence-electron chi connectivity index (χ1n) is 13.2. The SMILES string of the molecule is CC[C@@H]1[C@H](O)[C@H](NC)C2O[C@]3(O)C(OC2[C@H]1O)O[C@H](C)C[C@@]3(O)CCCc1ccc2ccccc2c1. The van der Waals surface area contributed by atoms with Crippen molar-refractivity contribution in [1.82, 2.24) is 5.32 Å². The summed E-state index contributed by atoms with van der Waals surface area (Å²) in [5.74, 6) is -2.56. The van der Waals surface area contributed by atoms with Crippen molar-refractivity contribution in [2.75, 3.05) is 7.05 Å². The van der Waals surface area contributed by atoms with Gasteiger partial charge in [0.05, 0.1) is 24.4 Å². The van der Waals surface area contributed by atoms with Crippen molar-refractivity contribution in [2.45, 2.75) is 100 Å². The van der Waals surface area contributed by atoms with E-state index in [0.29, 0.717) is 12.8 Å². The maximum atomic E-state index is 11.8. The van der Waals surface area contributed by atoms with E-state index in [-0.39, 0.29) is 18.9 Å². The number of rotatable bonds is 6. The van der Waals surface area contributed by atoms with E-state index in [9.17, 15) is 20.4 Å². The normalized spacial score (nSPS) is 42.6. The van der Waals surface area contributed by atoms with Crippen LogP contribution >= 0.6 is 0 Å². The maximum absolute atomic E-state index is 11.8. The number of benzene rings is 2. The van der Waals surface area contributed by atoms with Crippen molar-refractivity contribution in [3.63, 3.8) is 0 Å². The van der Waals surface area contributed by atoms with E-state index in [0.717, 1.165) is 12.0 Å². The maximum Gasteiger partial charge on any atom is 0.248 e. The summed E-state index contributed by atoms with van der Waals surface area (Å²) in [7, 11) is 1.70. The molecule has 2 aliphatic heterocycles. The van der Waals surface area contributed by atoms with Crippen LogP contribution in [0.1, 0.15) is 45.1 Å². The number of nitrogens with one attached hydrogen (secondary N) is 1. The van der Waals surface area contributed by atoms with Crippen LogP contribution in [0.3, 0.4) is 0 Å². The van der Waals surface area contributed by atoms with E-state index in [1.54, 1.807) is 7.05 Å². The number of fused-ring (bicyclic) bond motifs is 3. The molecule has 3 unspecified atom stereocenters. The molecule has 0 radical (unpaired) electrons. The molecule has 2 aromatic rings. The lowest BCUT2D eigenvalue weighted by molar-refractivity contribution is -0.485. The molecule has 1 saturated carbocycles. The quantitative estimate of drug-likeness (QED) is 0.407. The third-order valence-corrected chi connectivity index (χ3v) is 8.50. The summed E-state index contributed by atoms with van der Waals surface area (Å²) in [6.07, 6.45) is -2.87. The fourth-order valence-corrected chi connectivity index (χ4v) is 6.51. The highest BCUT2D eigenvalue weighted by Crippen LogP contribution is 2.49. The molecule has 0 spiro atoms. The Kier molecular flexibility index (Phi) is 7.17. The molecule has 2 saturated heterocycles. The van der Waals surface area contributed by atoms with E-state index in [1.807, 2.05) is 26.0 Å². The third kappa shape index (κ3) is 4.27. The Hall–Kier alpha value is -1.62. The van der Waals surface area contributed by atoms with Crippen molar-refractivity contribution >= 4 is 10.8 Å². The third-order valence-electron chi connectivity index (χ3n) is 8.50. The van der Waals surface area contributed by atoms with Gasteiger partial charge in [-0.3, -0.25) is 0 Å². The molecule has 3 fully saturated rings. The molecule has 0 amide bonds. The molecule has 36 heavy (non-hydrogen) atoms. The summed E-state index contributed by atoms with van der Waals surface area (Å²) in [4.78, 5) is 0. The minimum atomic E-state index is -2.14. The Morgan fingerprint density at radius 1 is 1.00 bits per heavy atom. The second-order valence-corrected chi connectivity index (χ2v) is 10.8. The van der Waals surface area contributed by atoms with Crippen molar-refractivity contribution in [3.8, 4) is 0 Å². The second-order valence-electron chi connectivity index (χ2n) is 10.8. The first kappa shape index (κ1) is 26.0. The lowest BCUT2D eigenvalue weighted by atomic mass is 9.73. The van der Waals surface area contributed by atoms with Gasteiger partial charge in [0.15, 0.2) is 0 Å². The Bertz CT molecular complexity index is 1070. The van der Waals surface area contributed by atoms with Gasteiger partial charge in [0.1, 0.15) is 17.8 Å². The molecule has 198 valence electrons. The standard InChI is InChI=1S/C28H39NO7/c1-4-20-22(30)21(29-3)24-25(23(20)31)35-26-28(33,36-24)27(32,15-16(2)34-26)13-7-8-17-11-12-18-9-5-6-10-19(18)14-17/h5-6,9-12,14,16,20-26,29-33H,4,7-8,13,15H2,1-3H3/t16-,20-,21+,22+,23+,24?,25?,26?,27+,28-/m1/s1. The van der Waals surface area contributed by atoms with Gasteiger partial charge in [0, 0.05) is 12.3 Å². The van der Waals surface area contributed by atoms with Crippen LogP contribution < -0.4 is 5.32 Å². The number of likely N-dealkylation sites (N-methyl/N-ethyl adjacent to an activating group) is 1. The van der Waals surface area contributed by atoms with Crippen LogP contribution in [-0.4, -0.2) is 81.7 Å². The second kappa shape index (κ2) is 9.93. The van der Waals surface area contributed by atoms with Gasteiger partial charge in [0.2, 0.25) is 12.1 Å². The number of aliphatic hydroxyl groups excluding tert-OH is 2. The van der Waals surface area contributed by atoms with E-state index >= 15 is 0 Å². The Morgan fingerprint density at radius 2 is 1.75 bits per heavy atom. The van der Waals surface area contributed by atoms with Gasteiger partial charge < -0.3 is 40.0 Å². The zero-order valence-electron chi connectivity index (χ0n) is 21.2. The monoisotopic (exact) mass is 501 g/mol. The van der Waals surface area contributed by atoms with Crippen molar-refractivity contribution in [3.05, 3.63) is 48.0 Å². The molecule has 2 aromatic carbocycles. The molecule has 0 bridgehead atoms. The summed E-state index contributed by atoms with van der Waals surface area (Å²) in [6.45, 7) is 3.73. The highest BCUT2D eigenvalue weighted by molar-refractivity contribution is 5.82. The minimum Gasteiger partial charge on any atom is -0.391 e. The van der Waals surface area contributed by atoms with Gasteiger partial charge in [-0.05, 0) is 56.0 Å². The summed E-state index contributed by atoms with van der Waals surface area (Å²) in [5, 5.41) is 50.9. The summed E-state index contributed by atoms with van der Waals surface area (Å²) in [5.41, 5.74) is -0.478. The average Bonchev–Trinajstić information content (AvgIpc) is 2.85. The highest BCUT2D eigenvalue weighted by Gasteiger charge is 2.68. The zero-order valence-corrected chi connectivity index (χ0v) is 21.2. The molecule has 3 aliphatic rings. The van der Waals surface area contributed by atoms with Crippen LogP contribution in [0.25, 0.3) is 10.8 Å². The number of ether oxygens (including phenoxy) is 3. The van der Waals surface area contributed by atoms with Crippen LogP contribution in [0.5, 0.6) is 0 Å². The predicted octanol–water partition coefficient (Wildman–Crippen LogP) is 1.85. The Balaban J connectivity index is 1.36. The molecule has 5 rings (SSSR count). The molecule has 5 N–H and O–H groups in total. The average molecular weight is 502 g/mol. The van der Waals surface area contributed by atoms with Crippen LogP contribution in [-0.2, 0) is 20.6 Å². The molecular formula is C28H39NO7. The number of hydrogen-bond donors (Lipinski definition) is 5. The number of hydrogen-bond acceptors (Lipinski definition) is 8. The van der Waals surface area contributed by atoms with E-state index in [2.05, 4.69) is 35.6 Å². The lowest BCUT2D eigenvalue weighted by Gasteiger charge is -2.60. The fourth-order valence-electron chi connectivity index (χ4n) is 6.51. The Labute approximate surface area is 212 Å². The molecule has 10 atom stereocenters. The zero-order chi connectivity index (χ0) is 25.7. The van der Waals surface area contributed by atoms with Crippen LogP contribution in [0, 0.1) is 5.92 Å². The van der Waals surface area contributed by atoms with Gasteiger partial charge in [-0.1, -0.05) is 49.4 Å². The topological polar surface area (TPSA) is 121 Å². The summed E-state index contributed by atoms with van der Waals surface area (Å²) < 4.78 is 18.3. The van der Waals surface area contributed by atoms with Crippen LogP contribution in [0.2, 0.25) is 0 Å². The smallest absolute Gasteiger partial charge is 0.248 e. The van der Waals surface area contributed by atoms with Gasteiger partial charge in [-0.25, -0.2) is 0 Å². The molecule has 2 heterocycles. The molecular weight excluding hydrogens is 462 g/mol. The van der Waals surface area contributed by atoms with E-state index < -0.39 is 54.1 Å². The molecule has 8 heteroatoms. The van der Waals surface area contributed by atoms with Gasteiger partial charge in [-0.2, -0.15) is 0 Å². The molecule has 8 nitrogen and oxygen atoms in total. The first-order valence-corrected chi connectivity index (χ1v) is 13.2. The van der Waals surface area contributed by atoms with Crippen molar-refractivity contribution in [1.29, 1.82) is 0 Å². The van der Waals surface area contributed by atoms with Gasteiger partial charge in [0.25, 0.3) is 0 Å². The Morgan fingerprint density at radius 3 is 2.47 bits per heavy atom. The van der Waals surface area contributed by atoms with Gasteiger partial charge >= 0.3 is 0 Å². The van der Waals surface area contributed by atoms with Crippen molar-refractivity contribution < 1.29 is 34.6 Å². The summed E-state index contributed by atoms with van der Waals surface area (Å²) in [6, 6.07) is 13.9. The van der Waals surface area contributed by atoms with E-state index in [4.69, 9.17) is 14.2 Å². The van der Waals surface area contributed by atoms with Gasteiger partial charge in [-0.15, -0.1) is 0 Å².